The SMILES string of the molecule is N=C1C(=O)Oc2ccccc2C1NC(=O)c1ccccc1. The van der Waals surface area contributed by atoms with Gasteiger partial charge in [0.15, 0.2) is 0 Å². The number of carbonyl (C=O) groups is 2. The summed E-state index contributed by atoms with van der Waals surface area (Å²) in [4.78, 5) is 23.9. The van der Waals surface area contributed by atoms with E-state index in [2.05, 4.69) is 5.32 Å². The molecule has 0 fully saturated rings. The molecule has 0 saturated carbocycles. The molecule has 1 aliphatic rings. The van der Waals surface area contributed by atoms with Gasteiger partial charge in [-0.2, -0.15) is 0 Å². The predicted molar refractivity (Wildman–Crippen MR) is 76.5 cm³/mol. The second-order valence-electron chi connectivity index (χ2n) is 4.61. The molecule has 0 spiro atoms. The molecular weight excluding hydrogens is 268 g/mol. The number of fused-ring (bicyclic) bond motifs is 1. The molecule has 2 aromatic carbocycles. The maximum absolute atomic E-state index is 12.2. The Bertz CT molecular complexity index is 725. The molecule has 0 saturated heterocycles. The lowest BCUT2D eigenvalue weighted by molar-refractivity contribution is -0.127. The number of nitrogens with one attached hydrogen (secondary N) is 2. The Morgan fingerprint density at radius 3 is 2.48 bits per heavy atom. The maximum Gasteiger partial charge on any atom is 0.359 e. The summed E-state index contributed by atoms with van der Waals surface area (Å²) in [5, 5.41) is 10.6. The number of rotatable bonds is 2. The standard InChI is InChI=1S/C16H12N2O3/c17-13-14(18-15(19)10-6-2-1-3-7-10)11-8-4-5-9-12(11)21-16(13)20/h1-9,14,17H,(H,18,19). The number of amides is 1. The summed E-state index contributed by atoms with van der Waals surface area (Å²) in [7, 11) is 0. The lowest BCUT2D eigenvalue weighted by atomic mass is 9.98. The molecule has 1 unspecified atom stereocenters. The van der Waals surface area contributed by atoms with Crippen LogP contribution >= 0.6 is 0 Å². The van der Waals surface area contributed by atoms with Crippen LogP contribution in [0.3, 0.4) is 0 Å². The van der Waals surface area contributed by atoms with Crippen molar-refractivity contribution in [1.29, 1.82) is 5.41 Å². The molecular formula is C16H12N2O3. The number of esters is 1. The number of para-hydroxylation sites is 1. The number of benzene rings is 2. The van der Waals surface area contributed by atoms with E-state index in [0.717, 1.165) is 0 Å². The van der Waals surface area contributed by atoms with Crippen molar-refractivity contribution in [2.24, 2.45) is 0 Å². The topological polar surface area (TPSA) is 79.2 Å². The minimum absolute atomic E-state index is 0.280. The van der Waals surface area contributed by atoms with E-state index in [0.29, 0.717) is 16.9 Å². The van der Waals surface area contributed by atoms with E-state index in [4.69, 9.17) is 10.1 Å². The molecule has 1 atom stereocenters. The Labute approximate surface area is 121 Å². The summed E-state index contributed by atoms with van der Waals surface area (Å²) in [5.74, 6) is -0.709. The zero-order valence-electron chi connectivity index (χ0n) is 11.0. The van der Waals surface area contributed by atoms with Gasteiger partial charge in [-0.15, -0.1) is 0 Å². The summed E-state index contributed by atoms with van der Waals surface area (Å²) in [6.07, 6.45) is 0. The van der Waals surface area contributed by atoms with E-state index in [9.17, 15) is 9.59 Å². The minimum Gasteiger partial charge on any atom is -0.422 e. The Morgan fingerprint density at radius 2 is 1.71 bits per heavy atom. The monoisotopic (exact) mass is 280 g/mol. The Kier molecular flexibility index (Phi) is 3.23. The van der Waals surface area contributed by atoms with Gasteiger partial charge in [-0.3, -0.25) is 10.2 Å². The second-order valence-corrected chi connectivity index (χ2v) is 4.61. The minimum atomic E-state index is -0.796. The Balaban J connectivity index is 1.92. The third-order valence-electron chi connectivity index (χ3n) is 3.25. The first-order valence-electron chi connectivity index (χ1n) is 6.42. The molecule has 0 bridgehead atoms. The summed E-state index contributed by atoms with van der Waals surface area (Å²) >= 11 is 0. The van der Waals surface area contributed by atoms with Gasteiger partial charge >= 0.3 is 5.97 Å². The molecule has 3 rings (SSSR count). The van der Waals surface area contributed by atoms with Gasteiger partial charge in [-0.1, -0.05) is 36.4 Å². The first kappa shape index (κ1) is 13.1. The van der Waals surface area contributed by atoms with Crippen molar-refractivity contribution in [2.45, 2.75) is 6.04 Å². The zero-order chi connectivity index (χ0) is 14.8. The molecule has 1 heterocycles. The van der Waals surface area contributed by atoms with Crippen LogP contribution in [-0.2, 0) is 4.79 Å². The van der Waals surface area contributed by atoms with Gasteiger partial charge in [0.2, 0.25) is 0 Å². The van der Waals surface area contributed by atoms with Crippen molar-refractivity contribution >= 4 is 17.6 Å². The van der Waals surface area contributed by atoms with Crippen molar-refractivity contribution in [2.75, 3.05) is 0 Å². The van der Waals surface area contributed by atoms with Crippen molar-refractivity contribution in [3.63, 3.8) is 0 Å². The Morgan fingerprint density at radius 1 is 1.05 bits per heavy atom. The summed E-state index contributed by atoms with van der Waals surface area (Å²) in [6.45, 7) is 0. The largest absolute Gasteiger partial charge is 0.422 e. The number of hydrogen-bond acceptors (Lipinski definition) is 4. The van der Waals surface area contributed by atoms with Crippen molar-refractivity contribution < 1.29 is 14.3 Å². The zero-order valence-corrected chi connectivity index (χ0v) is 11.0. The van der Waals surface area contributed by atoms with E-state index >= 15 is 0 Å². The van der Waals surface area contributed by atoms with Crippen LogP contribution in [0.15, 0.2) is 54.6 Å². The van der Waals surface area contributed by atoms with Gasteiger partial charge in [0.25, 0.3) is 5.91 Å². The van der Waals surface area contributed by atoms with Crippen LogP contribution in [0.5, 0.6) is 5.75 Å². The molecule has 21 heavy (non-hydrogen) atoms. The highest BCUT2D eigenvalue weighted by atomic mass is 16.5. The van der Waals surface area contributed by atoms with Gasteiger partial charge in [-0.25, -0.2) is 4.79 Å². The fraction of sp³-hybridized carbons (Fsp3) is 0.0625. The molecule has 5 nitrogen and oxygen atoms in total. The smallest absolute Gasteiger partial charge is 0.359 e. The molecule has 0 radical (unpaired) electrons. The average molecular weight is 280 g/mol. The normalized spacial score (nSPS) is 16.9. The number of ether oxygens (including phenoxy) is 1. The van der Waals surface area contributed by atoms with Crippen LogP contribution in [-0.4, -0.2) is 17.6 Å². The van der Waals surface area contributed by atoms with Crippen LogP contribution in [0.1, 0.15) is 22.0 Å². The fourth-order valence-electron chi connectivity index (χ4n) is 2.19. The lowest BCUT2D eigenvalue weighted by Crippen LogP contribution is -2.41. The van der Waals surface area contributed by atoms with Crippen molar-refractivity contribution in [1.82, 2.24) is 5.32 Å². The number of carbonyl (C=O) groups excluding carboxylic acids is 2. The first-order valence-corrected chi connectivity index (χ1v) is 6.42. The van der Waals surface area contributed by atoms with Gasteiger partial charge < -0.3 is 10.1 Å². The van der Waals surface area contributed by atoms with E-state index in [-0.39, 0.29) is 11.6 Å². The first-order chi connectivity index (χ1) is 10.2. The van der Waals surface area contributed by atoms with Gasteiger partial charge in [0.1, 0.15) is 17.5 Å². The van der Waals surface area contributed by atoms with E-state index in [1.54, 1.807) is 48.5 Å². The van der Waals surface area contributed by atoms with Crippen LogP contribution in [0.25, 0.3) is 0 Å². The average Bonchev–Trinajstić information content (AvgIpc) is 2.52. The lowest BCUT2D eigenvalue weighted by Gasteiger charge is -2.25. The summed E-state index contributed by atoms with van der Waals surface area (Å²) in [5.41, 5.74) is 0.797. The maximum atomic E-state index is 12.2. The molecule has 1 amide bonds. The van der Waals surface area contributed by atoms with Gasteiger partial charge in [0.05, 0.1) is 0 Å². The van der Waals surface area contributed by atoms with E-state index in [1.807, 2.05) is 6.07 Å². The van der Waals surface area contributed by atoms with Crippen LogP contribution in [0.2, 0.25) is 0 Å². The summed E-state index contributed by atoms with van der Waals surface area (Å²) < 4.78 is 5.05. The third kappa shape index (κ3) is 2.41. The molecule has 2 N–H and O–H groups in total. The quantitative estimate of drug-likeness (QED) is 0.653. The van der Waals surface area contributed by atoms with Crippen molar-refractivity contribution in [3.05, 3.63) is 65.7 Å². The fourth-order valence-corrected chi connectivity index (χ4v) is 2.19. The van der Waals surface area contributed by atoms with Crippen LogP contribution < -0.4 is 10.1 Å². The third-order valence-corrected chi connectivity index (χ3v) is 3.25. The van der Waals surface area contributed by atoms with E-state index < -0.39 is 12.0 Å². The molecule has 2 aromatic rings. The summed E-state index contributed by atoms with van der Waals surface area (Å²) in [6, 6.07) is 14.7. The van der Waals surface area contributed by atoms with Gasteiger partial charge in [-0.05, 0) is 18.2 Å². The highest BCUT2D eigenvalue weighted by molar-refractivity contribution is 6.39. The van der Waals surface area contributed by atoms with Crippen molar-refractivity contribution in [3.8, 4) is 5.75 Å². The predicted octanol–water partition coefficient (Wildman–Crippen LogP) is 2.10. The molecule has 104 valence electrons. The second kappa shape index (κ2) is 5.20. The molecule has 5 heteroatoms. The molecule has 1 aliphatic heterocycles. The van der Waals surface area contributed by atoms with Gasteiger partial charge in [0, 0.05) is 11.1 Å². The highest BCUT2D eigenvalue weighted by Crippen LogP contribution is 2.30. The molecule has 0 aromatic heterocycles. The Hall–Kier alpha value is -2.95. The van der Waals surface area contributed by atoms with Crippen LogP contribution in [0.4, 0.5) is 0 Å². The highest BCUT2D eigenvalue weighted by Gasteiger charge is 2.33. The molecule has 0 aliphatic carbocycles. The van der Waals surface area contributed by atoms with Crippen LogP contribution in [0, 0.1) is 5.41 Å². The van der Waals surface area contributed by atoms with E-state index in [1.165, 1.54) is 0 Å². The number of hydrogen-bond donors (Lipinski definition) is 2.